The van der Waals surface area contributed by atoms with Crippen LogP contribution in [0.15, 0.2) is 42.0 Å². The number of Topliss-reactive ketones (excluding diaryl/α,β-unsaturated/α-hetero) is 1. The number of nitriles is 1. The number of allylic oxidation sites excluding steroid dienone is 4. The van der Waals surface area contributed by atoms with Crippen molar-refractivity contribution in [2.24, 2.45) is 50.2 Å². The molecule has 5 nitrogen and oxygen atoms in total. The van der Waals surface area contributed by atoms with Crippen molar-refractivity contribution in [3.8, 4) is 6.07 Å². The molecule has 0 saturated heterocycles. The highest BCUT2D eigenvalue weighted by molar-refractivity contribution is 6.04. The van der Waals surface area contributed by atoms with Gasteiger partial charge in [0.1, 0.15) is 6.07 Å². The normalized spacial score (nSPS) is 44.1. The molecule has 3 saturated carbocycles. The molecule has 39 heavy (non-hydrogen) atoms. The fraction of sp³-hybridized carbons (Fsp3) is 0.706. The van der Waals surface area contributed by atoms with E-state index < -0.39 is 10.8 Å². The molecular formula is C34H45N3O2. The molecule has 0 unspecified atom stereocenters. The zero-order valence-corrected chi connectivity index (χ0v) is 24.9. The summed E-state index contributed by atoms with van der Waals surface area (Å²) in [7, 11) is 0. The maximum Gasteiger partial charge on any atom is 0.178 e. The van der Waals surface area contributed by atoms with E-state index in [-0.39, 0.29) is 50.6 Å². The minimum absolute atomic E-state index is 0.0131. The van der Waals surface area contributed by atoms with E-state index in [0.29, 0.717) is 5.92 Å². The van der Waals surface area contributed by atoms with Crippen molar-refractivity contribution in [1.82, 2.24) is 9.55 Å². The van der Waals surface area contributed by atoms with Gasteiger partial charge in [0.05, 0.1) is 11.9 Å². The van der Waals surface area contributed by atoms with Crippen molar-refractivity contribution in [1.29, 1.82) is 5.26 Å². The maximum atomic E-state index is 14.6. The topological polar surface area (TPSA) is 75.8 Å². The van der Waals surface area contributed by atoms with E-state index in [9.17, 15) is 14.9 Å². The lowest BCUT2D eigenvalue weighted by molar-refractivity contribution is -0.173. The lowest BCUT2D eigenvalue weighted by atomic mass is 9.34. The molecule has 5 heteroatoms. The molecule has 0 bridgehead atoms. The number of carbonyl (C=O) groups is 2. The number of nitrogens with zero attached hydrogens (tertiary/aromatic N) is 3. The third-order valence-electron chi connectivity index (χ3n) is 13.1. The van der Waals surface area contributed by atoms with Crippen molar-refractivity contribution in [2.75, 3.05) is 0 Å². The van der Waals surface area contributed by atoms with Gasteiger partial charge in [-0.25, -0.2) is 4.98 Å². The fourth-order valence-electron chi connectivity index (χ4n) is 10.8. The van der Waals surface area contributed by atoms with E-state index in [0.717, 1.165) is 45.1 Å². The predicted octanol–water partition coefficient (Wildman–Crippen LogP) is 7.10. The highest BCUT2D eigenvalue weighted by atomic mass is 16.1. The van der Waals surface area contributed by atoms with E-state index in [1.54, 1.807) is 0 Å². The first kappa shape index (κ1) is 26.7. The summed E-state index contributed by atoms with van der Waals surface area (Å²) in [5.74, 6) is 0.630. The van der Waals surface area contributed by atoms with Gasteiger partial charge >= 0.3 is 0 Å². The second-order valence-corrected chi connectivity index (χ2v) is 15.9. The summed E-state index contributed by atoms with van der Waals surface area (Å²) in [4.78, 5) is 32.2. The van der Waals surface area contributed by atoms with Gasteiger partial charge in [0.15, 0.2) is 11.6 Å². The number of aromatic nitrogens is 2. The number of ketones is 2. The number of carbonyl (C=O) groups excluding carboxylic acids is 2. The largest absolute Gasteiger partial charge is 0.337 e. The Balaban J connectivity index is 1.50. The smallest absolute Gasteiger partial charge is 0.178 e. The Morgan fingerprint density at radius 1 is 1.03 bits per heavy atom. The fourth-order valence-corrected chi connectivity index (χ4v) is 10.8. The monoisotopic (exact) mass is 527 g/mol. The third-order valence-corrected chi connectivity index (χ3v) is 13.1. The van der Waals surface area contributed by atoms with E-state index in [4.69, 9.17) is 0 Å². The van der Waals surface area contributed by atoms with E-state index in [1.165, 1.54) is 12.0 Å². The molecule has 1 heterocycles. The first-order chi connectivity index (χ1) is 18.1. The summed E-state index contributed by atoms with van der Waals surface area (Å²) < 4.78 is 2.24. The Kier molecular flexibility index (Phi) is 5.52. The molecule has 1 aromatic rings. The van der Waals surface area contributed by atoms with Crippen LogP contribution in [0.2, 0.25) is 0 Å². The molecule has 7 atom stereocenters. The van der Waals surface area contributed by atoms with Gasteiger partial charge < -0.3 is 4.57 Å². The molecule has 3 fully saturated rings. The highest BCUT2D eigenvalue weighted by Crippen LogP contribution is 2.74. The molecule has 5 aliphatic rings. The minimum Gasteiger partial charge on any atom is -0.337 e. The number of imidazole rings is 1. The summed E-state index contributed by atoms with van der Waals surface area (Å²) in [6, 6.07) is 2.22. The lowest BCUT2D eigenvalue weighted by Gasteiger charge is -2.69. The molecular weight excluding hydrogens is 482 g/mol. The Hall–Kier alpha value is -2.48. The predicted molar refractivity (Wildman–Crippen MR) is 151 cm³/mol. The summed E-state index contributed by atoms with van der Waals surface area (Å²) >= 11 is 0. The molecule has 0 radical (unpaired) electrons. The van der Waals surface area contributed by atoms with E-state index >= 15 is 0 Å². The summed E-state index contributed by atoms with van der Waals surface area (Å²) in [5, 5.41) is 9.93. The highest BCUT2D eigenvalue weighted by Gasteiger charge is 2.69. The second kappa shape index (κ2) is 8.05. The quantitative estimate of drug-likeness (QED) is 0.411. The average Bonchev–Trinajstić information content (AvgIpc) is 3.36. The van der Waals surface area contributed by atoms with Crippen LogP contribution in [0.3, 0.4) is 0 Å². The number of hydrogen-bond acceptors (Lipinski definition) is 4. The van der Waals surface area contributed by atoms with Gasteiger partial charge in [-0.3, -0.25) is 9.59 Å². The van der Waals surface area contributed by atoms with Crippen LogP contribution in [0.4, 0.5) is 0 Å². The van der Waals surface area contributed by atoms with Crippen LogP contribution in [0.5, 0.6) is 0 Å². The van der Waals surface area contributed by atoms with Crippen LogP contribution in [-0.2, 0) is 16.1 Å². The first-order valence-corrected chi connectivity index (χ1v) is 15.0. The lowest BCUT2D eigenvalue weighted by Crippen LogP contribution is -2.65. The Bertz CT molecular complexity index is 1340. The third kappa shape index (κ3) is 3.39. The van der Waals surface area contributed by atoms with Crippen LogP contribution in [0, 0.1) is 61.6 Å². The summed E-state index contributed by atoms with van der Waals surface area (Å²) in [5.41, 5.74) is 0.340. The molecule has 5 aliphatic carbocycles. The number of fused-ring (bicyclic) bond motifs is 7. The average molecular weight is 528 g/mol. The molecule has 6 rings (SSSR count). The SMILES string of the molecule is CC1(C)CC[C@]2(Cn3ccnc3)CC[C@]3(C)[C@H](C(=O)C=C4[C@@]5(C)C=C(C#N)C(=O)C(C)(C)[C@@H]5CC[C@]43C)[C@@H]2C1. The van der Waals surface area contributed by atoms with Crippen molar-refractivity contribution in [3.05, 3.63) is 42.0 Å². The first-order valence-electron chi connectivity index (χ1n) is 15.0. The molecule has 0 N–H and O–H groups in total. The van der Waals surface area contributed by atoms with Crippen molar-refractivity contribution in [3.63, 3.8) is 0 Å². The second-order valence-electron chi connectivity index (χ2n) is 15.9. The van der Waals surface area contributed by atoms with Gasteiger partial charge in [0.2, 0.25) is 0 Å². The molecule has 0 spiro atoms. The summed E-state index contributed by atoms with van der Waals surface area (Å²) in [6.45, 7) is 16.8. The minimum atomic E-state index is -0.628. The van der Waals surface area contributed by atoms with Crippen LogP contribution >= 0.6 is 0 Å². The molecule has 0 aromatic carbocycles. The van der Waals surface area contributed by atoms with Gasteiger partial charge in [-0.1, -0.05) is 60.1 Å². The zero-order chi connectivity index (χ0) is 28.2. The Morgan fingerprint density at radius 3 is 2.41 bits per heavy atom. The standard InChI is InChI=1S/C34H45N3O2/c1-29(2)10-12-34(20-37-15-14-36-21-37)13-11-33(7)27(23(34)18-29)24(38)16-26-31(5)17-22(19-35)28(39)30(3,4)25(31)8-9-32(26,33)6/h14-17,21,23,25,27H,8-13,18,20H2,1-7H3/t23-,25-,27-,31-,32+,33+,34+/m0/s1. The van der Waals surface area contributed by atoms with Crippen molar-refractivity contribution in [2.45, 2.75) is 100.0 Å². The van der Waals surface area contributed by atoms with Crippen molar-refractivity contribution >= 4 is 11.6 Å². The zero-order valence-electron chi connectivity index (χ0n) is 24.9. The van der Waals surface area contributed by atoms with Crippen LogP contribution in [0.1, 0.15) is 93.4 Å². The van der Waals surface area contributed by atoms with E-state index in [2.05, 4.69) is 56.4 Å². The van der Waals surface area contributed by atoms with Gasteiger partial charge in [0.25, 0.3) is 0 Å². The van der Waals surface area contributed by atoms with Gasteiger partial charge in [0, 0.05) is 35.7 Å². The van der Waals surface area contributed by atoms with Crippen molar-refractivity contribution < 1.29 is 9.59 Å². The van der Waals surface area contributed by atoms with Gasteiger partial charge in [-0.05, 0) is 84.5 Å². The molecule has 0 amide bonds. The maximum absolute atomic E-state index is 14.6. The van der Waals surface area contributed by atoms with Gasteiger partial charge in [-0.15, -0.1) is 0 Å². The molecule has 0 aliphatic heterocycles. The van der Waals surface area contributed by atoms with E-state index in [1.807, 2.05) is 38.5 Å². The molecule has 1 aromatic heterocycles. The Labute approximate surface area is 234 Å². The molecule has 208 valence electrons. The van der Waals surface area contributed by atoms with Gasteiger partial charge in [-0.2, -0.15) is 5.26 Å². The Morgan fingerprint density at radius 2 is 1.74 bits per heavy atom. The number of rotatable bonds is 2. The number of hydrogen-bond donors (Lipinski definition) is 0. The van der Waals surface area contributed by atoms with Crippen LogP contribution in [-0.4, -0.2) is 21.1 Å². The van der Waals surface area contributed by atoms with Crippen LogP contribution in [0.25, 0.3) is 0 Å². The summed E-state index contributed by atoms with van der Waals surface area (Å²) in [6.07, 6.45) is 17.3. The van der Waals surface area contributed by atoms with Crippen LogP contribution < -0.4 is 0 Å².